The van der Waals surface area contributed by atoms with Gasteiger partial charge in [0.15, 0.2) is 17.5 Å². The molecule has 0 saturated heterocycles. The van der Waals surface area contributed by atoms with Crippen molar-refractivity contribution in [1.29, 1.82) is 0 Å². The molecule has 1 aliphatic carbocycles. The zero-order valence-electron chi connectivity index (χ0n) is 17.1. The number of nitrogens with one attached hydrogen (secondary N) is 1. The molecule has 8 nitrogen and oxygen atoms in total. The summed E-state index contributed by atoms with van der Waals surface area (Å²) in [5, 5.41) is 12.0. The molecule has 1 atom stereocenters. The predicted molar refractivity (Wildman–Crippen MR) is 112 cm³/mol. The average molecular weight is 390 g/mol. The molecule has 0 spiro atoms. The van der Waals surface area contributed by atoms with Crippen molar-refractivity contribution in [2.24, 2.45) is 0 Å². The monoisotopic (exact) mass is 390 g/mol. The molecular weight excluding hydrogens is 364 g/mol. The lowest BCUT2D eigenvalue weighted by atomic mass is 10.0. The van der Waals surface area contributed by atoms with Gasteiger partial charge in [0.2, 0.25) is 0 Å². The van der Waals surface area contributed by atoms with Crippen LogP contribution in [0.25, 0.3) is 17.1 Å². The quantitative estimate of drug-likeness (QED) is 0.727. The molecule has 2 aliphatic rings. The predicted octanol–water partition coefficient (Wildman–Crippen LogP) is 3.68. The highest BCUT2D eigenvalue weighted by Crippen LogP contribution is 2.43. The van der Waals surface area contributed by atoms with E-state index in [9.17, 15) is 0 Å². The summed E-state index contributed by atoms with van der Waals surface area (Å²) in [4.78, 5) is 16.6. The van der Waals surface area contributed by atoms with Gasteiger partial charge in [-0.1, -0.05) is 19.8 Å². The van der Waals surface area contributed by atoms with Crippen LogP contribution in [-0.2, 0) is 0 Å². The zero-order chi connectivity index (χ0) is 20.0. The van der Waals surface area contributed by atoms with Crippen molar-refractivity contribution < 1.29 is 0 Å². The number of nitrogens with zero attached hydrogens (tertiary/aromatic N) is 7. The van der Waals surface area contributed by atoms with Gasteiger partial charge in [0.05, 0.1) is 12.2 Å². The second-order valence-corrected chi connectivity index (χ2v) is 7.79. The van der Waals surface area contributed by atoms with Crippen LogP contribution >= 0.6 is 0 Å². The average Bonchev–Trinajstić information content (AvgIpc) is 3.42. The zero-order valence-corrected chi connectivity index (χ0v) is 17.1. The van der Waals surface area contributed by atoms with Crippen molar-refractivity contribution in [2.75, 3.05) is 17.3 Å². The van der Waals surface area contributed by atoms with Crippen LogP contribution in [0, 0.1) is 6.92 Å². The Bertz CT molecular complexity index is 1040. The van der Waals surface area contributed by atoms with E-state index in [-0.39, 0.29) is 6.04 Å². The van der Waals surface area contributed by atoms with Gasteiger partial charge in [-0.2, -0.15) is 0 Å². The molecule has 0 unspecified atom stereocenters. The van der Waals surface area contributed by atoms with Crippen LogP contribution in [0.5, 0.6) is 0 Å². The first kappa shape index (κ1) is 18.0. The summed E-state index contributed by atoms with van der Waals surface area (Å²) in [5.74, 6) is 4.40. The third-order valence-corrected chi connectivity index (χ3v) is 6.10. The second-order valence-electron chi connectivity index (χ2n) is 7.79. The topological polar surface area (TPSA) is 84.6 Å². The number of aryl methyl sites for hydroxylation is 1. The van der Waals surface area contributed by atoms with Crippen LogP contribution in [-0.4, -0.2) is 42.8 Å². The van der Waals surface area contributed by atoms with Crippen LogP contribution in [0.2, 0.25) is 0 Å². The van der Waals surface area contributed by atoms with Gasteiger partial charge in [0, 0.05) is 24.8 Å². The molecule has 4 heterocycles. The van der Waals surface area contributed by atoms with Crippen molar-refractivity contribution >= 4 is 11.6 Å². The van der Waals surface area contributed by atoms with E-state index in [2.05, 4.69) is 36.9 Å². The normalized spacial score (nSPS) is 18.6. The van der Waals surface area contributed by atoms with Crippen molar-refractivity contribution in [3.05, 3.63) is 36.2 Å². The minimum Gasteiger partial charge on any atom is -0.373 e. The first-order valence-corrected chi connectivity index (χ1v) is 10.4. The molecule has 0 radical (unpaired) electrons. The van der Waals surface area contributed by atoms with E-state index in [1.165, 1.54) is 25.7 Å². The summed E-state index contributed by atoms with van der Waals surface area (Å²) in [6, 6.07) is 4.60. The van der Waals surface area contributed by atoms with Crippen LogP contribution in [0.15, 0.2) is 24.5 Å². The minimum absolute atomic E-state index is 0.180. The number of rotatable bonds is 4. The van der Waals surface area contributed by atoms with Gasteiger partial charge in [-0.15, -0.1) is 10.2 Å². The molecule has 0 amide bonds. The Kier molecular flexibility index (Phi) is 4.41. The van der Waals surface area contributed by atoms with Crippen LogP contribution in [0.4, 0.5) is 11.6 Å². The van der Waals surface area contributed by atoms with E-state index in [0.29, 0.717) is 6.04 Å². The maximum absolute atomic E-state index is 5.09. The molecule has 1 aliphatic heterocycles. The molecule has 3 aromatic rings. The summed E-state index contributed by atoms with van der Waals surface area (Å²) >= 11 is 0. The standard InChI is InChI=1S/C21H26N8/c1-4-16-21-27-26-13(2)28(21)17-12-24-19(14-9-10-23-18(11-14)22-3)25-20(17)29(16)15-7-5-6-8-15/h9-12,15-16H,4-8H2,1-3H3,(H,22,23)/t16-/m1/s1. The van der Waals surface area contributed by atoms with Crippen LogP contribution in [0.3, 0.4) is 0 Å². The van der Waals surface area contributed by atoms with Crippen molar-refractivity contribution in [3.63, 3.8) is 0 Å². The largest absolute Gasteiger partial charge is 0.373 e. The van der Waals surface area contributed by atoms with Crippen molar-refractivity contribution in [3.8, 4) is 17.1 Å². The summed E-state index contributed by atoms with van der Waals surface area (Å²) in [6.45, 7) is 4.21. The Morgan fingerprint density at radius 1 is 1.17 bits per heavy atom. The molecule has 1 N–H and O–H groups in total. The second kappa shape index (κ2) is 7.09. The fourth-order valence-corrected chi connectivity index (χ4v) is 4.71. The van der Waals surface area contributed by atoms with E-state index in [1.54, 1.807) is 6.20 Å². The SMILES string of the molecule is CC[C@@H]1c2nnc(C)n2-c2cnc(-c3ccnc(NC)c3)nc2N1C1CCCC1. The van der Waals surface area contributed by atoms with E-state index < -0.39 is 0 Å². The van der Waals surface area contributed by atoms with Crippen molar-refractivity contribution in [2.45, 2.75) is 58.0 Å². The lowest BCUT2D eigenvalue weighted by molar-refractivity contribution is 0.468. The van der Waals surface area contributed by atoms with E-state index in [1.807, 2.05) is 32.3 Å². The van der Waals surface area contributed by atoms with Gasteiger partial charge in [-0.05, 0) is 38.3 Å². The molecule has 0 aromatic carbocycles. The number of hydrogen-bond acceptors (Lipinski definition) is 7. The number of pyridine rings is 1. The smallest absolute Gasteiger partial charge is 0.161 e. The van der Waals surface area contributed by atoms with Gasteiger partial charge in [0.25, 0.3) is 0 Å². The summed E-state index contributed by atoms with van der Waals surface area (Å²) < 4.78 is 2.13. The Morgan fingerprint density at radius 2 is 2.00 bits per heavy atom. The van der Waals surface area contributed by atoms with Gasteiger partial charge >= 0.3 is 0 Å². The molecule has 1 fully saturated rings. The van der Waals surface area contributed by atoms with E-state index >= 15 is 0 Å². The molecule has 3 aromatic heterocycles. The Balaban J connectivity index is 1.69. The number of aromatic nitrogens is 6. The highest BCUT2D eigenvalue weighted by Gasteiger charge is 2.39. The van der Waals surface area contributed by atoms with Gasteiger partial charge in [-0.25, -0.2) is 15.0 Å². The number of hydrogen-bond donors (Lipinski definition) is 1. The maximum atomic E-state index is 5.09. The van der Waals surface area contributed by atoms with E-state index in [4.69, 9.17) is 9.97 Å². The molecule has 150 valence electrons. The highest BCUT2D eigenvalue weighted by molar-refractivity contribution is 5.68. The Labute approximate surface area is 170 Å². The lowest BCUT2D eigenvalue weighted by Gasteiger charge is -2.41. The van der Waals surface area contributed by atoms with Gasteiger partial charge < -0.3 is 10.2 Å². The van der Waals surface area contributed by atoms with E-state index in [0.717, 1.165) is 46.8 Å². The third kappa shape index (κ3) is 2.85. The first-order chi connectivity index (χ1) is 14.2. The minimum atomic E-state index is 0.180. The first-order valence-electron chi connectivity index (χ1n) is 10.4. The number of fused-ring (bicyclic) bond motifs is 3. The van der Waals surface area contributed by atoms with Crippen LogP contribution < -0.4 is 10.2 Å². The highest BCUT2D eigenvalue weighted by atomic mass is 15.4. The summed E-state index contributed by atoms with van der Waals surface area (Å²) in [7, 11) is 1.86. The molecular formula is C21H26N8. The third-order valence-electron chi connectivity index (χ3n) is 6.10. The molecule has 0 bridgehead atoms. The fraction of sp³-hybridized carbons (Fsp3) is 0.476. The summed E-state index contributed by atoms with van der Waals surface area (Å²) in [6.07, 6.45) is 9.61. The fourth-order valence-electron chi connectivity index (χ4n) is 4.71. The van der Waals surface area contributed by atoms with Gasteiger partial charge in [0.1, 0.15) is 17.3 Å². The molecule has 5 rings (SSSR count). The molecule has 29 heavy (non-hydrogen) atoms. The Hall–Kier alpha value is -3.03. The van der Waals surface area contributed by atoms with Gasteiger partial charge in [-0.3, -0.25) is 4.57 Å². The van der Waals surface area contributed by atoms with Crippen LogP contribution in [0.1, 0.15) is 56.7 Å². The lowest BCUT2D eigenvalue weighted by Crippen LogP contribution is -2.42. The van der Waals surface area contributed by atoms with Crippen molar-refractivity contribution in [1.82, 2.24) is 29.7 Å². The number of anilines is 2. The molecule has 1 saturated carbocycles. The summed E-state index contributed by atoms with van der Waals surface area (Å²) in [5.41, 5.74) is 1.93. The molecule has 8 heteroatoms. The Morgan fingerprint density at radius 3 is 2.76 bits per heavy atom. The maximum Gasteiger partial charge on any atom is 0.161 e.